The number of rotatable bonds is 3. The molecule has 4 nitrogen and oxygen atoms in total. The maximum atomic E-state index is 12.4. The molecule has 0 spiro atoms. The molecule has 1 aliphatic carbocycles. The van der Waals surface area contributed by atoms with Crippen molar-refractivity contribution in [3.8, 4) is 0 Å². The van der Waals surface area contributed by atoms with Crippen molar-refractivity contribution in [1.29, 1.82) is 0 Å². The molecule has 1 aromatic carbocycles. The Morgan fingerprint density at radius 1 is 1.25 bits per heavy atom. The Kier molecular flexibility index (Phi) is 3.47. The van der Waals surface area contributed by atoms with Crippen LogP contribution in [-0.2, 0) is 16.0 Å². The first-order valence-corrected chi connectivity index (χ1v) is 7.27. The molecule has 0 aromatic heterocycles. The monoisotopic (exact) mass is 273 g/mol. The van der Waals surface area contributed by atoms with Crippen LogP contribution in [-0.4, -0.2) is 28.4 Å². The van der Waals surface area contributed by atoms with E-state index in [1.807, 2.05) is 24.3 Å². The zero-order valence-corrected chi connectivity index (χ0v) is 11.4. The molecule has 1 amide bonds. The van der Waals surface area contributed by atoms with Crippen molar-refractivity contribution < 1.29 is 14.7 Å². The highest BCUT2D eigenvalue weighted by Crippen LogP contribution is 2.34. The number of aliphatic carboxylic acids is 1. The van der Waals surface area contributed by atoms with Crippen molar-refractivity contribution in [2.75, 3.05) is 6.54 Å². The van der Waals surface area contributed by atoms with Crippen molar-refractivity contribution in [1.82, 2.24) is 4.90 Å². The van der Waals surface area contributed by atoms with Crippen molar-refractivity contribution in [3.63, 3.8) is 0 Å². The summed E-state index contributed by atoms with van der Waals surface area (Å²) in [6, 6.07) is 6.74. The first-order valence-electron chi connectivity index (χ1n) is 7.27. The van der Waals surface area contributed by atoms with Gasteiger partial charge in [-0.15, -0.1) is 0 Å². The molecule has 1 aromatic rings. The van der Waals surface area contributed by atoms with Gasteiger partial charge in [0.15, 0.2) is 6.04 Å². The fraction of sp³-hybridized carbons (Fsp3) is 0.500. The Balaban J connectivity index is 1.84. The second kappa shape index (κ2) is 5.27. The minimum absolute atomic E-state index is 0.00315. The molecule has 1 fully saturated rings. The minimum atomic E-state index is -0.931. The summed E-state index contributed by atoms with van der Waals surface area (Å²) < 4.78 is 0. The zero-order chi connectivity index (χ0) is 14.1. The maximum absolute atomic E-state index is 12.4. The lowest BCUT2D eigenvalue weighted by Crippen LogP contribution is -2.44. The van der Waals surface area contributed by atoms with Crippen LogP contribution in [0.15, 0.2) is 24.3 Å². The van der Waals surface area contributed by atoms with Gasteiger partial charge >= 0.3 is 5.97 Å². The Morgan fingerprint density at radius 2 is 2.00 bits per heavy atom. The van der Waals surface area contributed by atoms with Gasteiger partial charge in [0, 0.05) is 13.0 Å². The zero-order valence-electron chi connectivity index (χ0n) is 11.4. The number of hydrogen-bond donors (Lipinski definition) is 1. The number of hydrogen-bond acceptors (Lipinski definition) is 2. The molecule has 4 heteroatoms. The smallest absolute Gasteiger partial charge is 0.331 e. The van der Waals surface area contributed by atoms with Gasteiger partial charge in [0.05, 0.1) is 0 Å². The fourth-order valence-electron chi connectivity index (χ4n) is 3.16. The first-order chi connectivity index (χ1) is 9.66. The number of carbonyl (C=O) groups excluding carboxylic acids is 1. The molecule has 1 heterocycles. The van der Waals surface area contributed by atoms with Crippen LogP contribution in [0.3, 0.4) is 0 Å². The molecule has 0 radical (unpaired) electrons. The molecule has 1 N–H and O–H groups in total. The Morgan fingerprint density at radius 3 is 2.65 bits per heavy atom. The quantitative estimate of drug-likeness (QED) is 0.920. The van der Waals surface area contributed by atoms with Crippen molar-refractivity contribution in [2.24, 2.45) is 5.92 Å². The predicted octanol–water partition coefficient (Wildman–Crippen LogP) is 2.39. The summed E-state index contributed by atoms with van der Waals surface area (Å²) in [7, 11) is 0. The summed E-state index contributed by atoms with van der Waals surface area (Å²) in [5.74, 6) is -0.468. The fourth-order valence-corrected chi connectivity index (χ4v) is 3.16. The van der Waals surface area contributed by atoms with Gasteiger partial charge in [0.1, 0.15) is 0 Å². The number of carboxylic acids is 1. The highest BCUT2D eigenvalue weighted by atomic mass is 16.4. The van der Waals surface area contributed by atoms with Gasteiger partial charge in [-0.1, -0.05) is 30.7 Å². The number of fused-ring (bicyclic) bond motifs is 1. The average Bonchev–Trinajstić information content (AvgIpc) is 2.41. The number of carbonyl (C=O) groups is 2. The predicted molar refractivity (Wildman–Crippen MR) is 74.2 cm³/mol. The third-order valence-electron chi connectivity index (χ3n) is 4.53. The SMILES string of the molecule is O=C(O)C1c2ccccc2CCN1C(=O)CC1CCC1. The van der Waals surface area contributed by atoms with Crippen LogP contribution in [0.4, 0.5) is 0 Å². The van der Waals surface area contributed by atoms with E-state index in [1.54, 1.807) is 4.90 Å². The minimum Gasteiger partial charge on any atom is -0.479 e. The van der Waals surface area contributed by atoms with Crippen LogP contribution in [0.25, 0.3) is 0 Å². The highest BCUT2D eigenvalue weighted by Gasteiger charge is 2.36. The molecular formula is C16H19NO3. The van der Waals surface area contributed by atoms with Gasteiger partial charge < -0.3 is 10.0 Å². The molecule has 1 unspecified atom stereocenters. The molecule has 2 aliphatic rings. The van der Waals surface area contributed by atoms with Crippen LogP contribution >= 0.6 is 0 Å². The number of carboxylic acid groups (broad SMARTS) is 1. The van der Waals surface area contributed by atoms with E-state index >= 15 is 0 Å². The summed E-state index contributed by atoms with van der Waals surface area (Å²) in [4.78, 5) is 25.6. The lowest BCUT2D eigenvalue weighted by atomic mass is 9.82. The number of benzene rings is 1. The van der Waals surface area contributed by atoms with E-state index in [0.717, 1.165) is 30.4 Å². The molecule has 1 aliphatic heterocycles. The van der Waals surface area contributed by atoms with E-state index in [1.165, 1.54) is 6.42 Å². The second-order valence-electron chi connectivity index (χ2n) is 5.78. The maximum Gasteiger partial charge on any atom is 0.331 e. The summed E-state index contributed by atoms with van der Waals surface area (Å²) in [5.41, 5.74) is 1.82. The van der Waals surface area contributed by atoms with Gasteiger partial charge in [0.25, 0.3) is 0 Å². The first kappa shape index (κ1) is 13.2. The normalized spacial score (nSPS) is 22.0. The third kappa shape index (κ3) is 2.30. The summed E-state index contributed by atoms with van der Waals surface area (Å²) in [6.45, 7) is 0.513. The number of amides is 1. The average molecular weight is 273 g/mol. The molecule has 3 rings (SSSR count). The van der Waals surface area contributed by atoms with Crippen LogP contribution in [0, 0.1) is 5.92 Å². The van der Waals surface area contributed by atoms with Gasteiger partial charge in [-0.2, -0.15) is 0 Å². The highest BCUT2D eigenvalue weighted by molar-refractivity contribution is 5.85. The Bertz CT molecular complexity index is 536. The molecule has 0 saturated heterocycles. The molecule has 1 atom stereocenters. The summed E-state index contributed by atoms with van der Waals surface area (Å²) in [5, 5.41) is 9.52. The van der Waals surface area contributed by atoms with E-state index in [2.05, 4.69) is 0 Å². The van der Waals surface area contributed by atoms with Crippen molar-refractivity contribution in [3.05, 3.63) is 35.4 Å². The summed E-state index contributed by atoms with van der Waals surface area (Å²) >= 11 is 0. The van der Waals surface area contributed by atoms with Gasteiger partial charge in [0.2, 0.25) is 5.91 Å². The Hall–Kier alpha value is -1.84. The van der Waals surface area contributed by atoms with E-state index in [4.69, 9.17) is 0 Å². The molecule has 0 bridgehead atoms. The van der Waals surface area contributed by atoms with Gasteiger partial charge in [-0.3, -0.25) is 4.79 Å². The lowest BCUT2D eigenvalue weighted by Gasteiger charge is -2.36. The van der Waals surface area contributed by atoms with Gasteiger partial charge in [-0.25, -0.2) is 4.79 Å². The van der Waals surface area contributed by atoms with Crippen molar-refractivity contribution in [2.45, 2.75) is 38.1 Å². The largest absolute Gasteiger partial charge is 0.479 e. The van der Waals surface area contributed by atoms with Gasteiger partial charge in [-0.05, 0) is 36.3 Å². The van der Waals surface area contributed by atoms with E-state index in [9.17, 15) is 14.7 Å². The topological polar surface area (TPSA) is 57.6 Å². The van der Waals surface area contributed by atoms with Crippen LogP contribution in [0.1, 0.15) is 42.9 Å². The van der Waals surface area contributed by atoms with Crippen molar-refractivity contribution >= 4 is 11.9 Å². The third-order valence-corrected chi connectivity index (χ3v) is 4.53. The van der Waals surface area contributed by atoms with Crippen LogP contribution in [0.5, 0.6) is 0 Å². The Labute approximate surface area is 118 Å². The molecular weight excluding hydrogens is 254 g/mol. The lowest BCUT2D eigenvalue weighted by molar-refractivity contribution is -0.151. The molecule has 20 heavy (non-hydrogen) atoms. The number of nitrogens with zero attached hydrogens (tertiary/aromatic N) is 1. The van der Waals surface area contributed by atoms with E-state index in [-0.39, 0.29) is 5.91 Å². The molecule has 1 saturated carbocycles. The standard InChI is InChI=1S/C16H19NO3/c18-14(10-11-4-3-5-11)17-9-8-12-6-1-2-7-13(12)15(17)16(19)20/h1-2,6-7,11,15H,3-5,8-10H2,(H,19,20). The summed E-state index contributed by atoms with van der Waals surface area (Å²) in [6.07, 6.45) is 4.66. The van der Waals surface area contributed by atoms with Crippen LogP contribution in [0.2, 0.25) is 0 Å². The van der Waals surface area contributed by atoms with E-state index in [0.29, 0.717) is 18.9 Å². The second-order valence-corrected chi connectivity index (χ2v) is 5.78. The van der Waals surface area contributed by atoms with E-state index < -0.39 is 12.0 Å². The van der Waals surface area contributed by atoms with Crippen LogP contribution < -0.4 is 0 Å². The molecule has 106 valence electrons.